The number of halogens is 1. The van der Waals surface area contributed by atoms with Gasteiger partial charge in [-0.05, 0) is 13.0 Å². The molecule has 0 aromatic heterocycles. The van der Waals surface area contributed by atoms with Crippen LogP contribution in [0, 0.1) is 17.7 Å². The summed E-state index contributed by atoms with van der Waals surface area (Å²) in [6.45, 7) is 2.33. The largest absolute Gasteiger partial charge is 0.490 e. The Morgan fingerprint density at radius 1 is 1.47 bits per heavy atom. The monoisotopic (exact) mass is 207 g/mol. The summed E-state index contributed by atoms with van der Waals surface area (Å²) in [5.74, 6) is 5.47. The van der Waals surface area contributed by atoms with E-state index in [9.17, 15) is 4.39 Å². The third-order valence-electron chi connectivity index (χ3n) is 1.92. The highest BCUT2D eigenvalue weighted by atomic mass is 19.1. The Morgan fingerprint density at radius 2 is 2.27 bits per heavy atom. The van der Waals surface area contributed by atoms with Crippen LogP contribution in [-0.2, 0) is 6.54 Å². The van der Waals surface area contributed by atoms with Gasteiger partial charge in [0.05, 0.1) is 6.61 Å². The van der Waals surface area contributed by atoms with Crippen molar-refractivity contribution in [3.05, 3.63) is 29.6 Å². The molecule has 0 fully saturated rings. The zero-order chi connectivity index (χ0) is 11.1. The van der Waals surface area contributed by atoms with Gasteiger partial charge in [-0.3, -0.25) is 0 Å². The normalized spacial score (nSPS) is 9.27. The molecule has 0 atom stereocenters. The van der Waals surface area contributed by atoms with Crippen LogP contribution in [0.3, 0.4) is 0 Å². The SMILES string of the molecule is CC#CCCOc1cccc(CN)c1F. The van der Waals surface area contributed by atoms with Crippen LogP contribution < -0.4 is 10.5 Å². The Bertz CT molecular complexity index is 379. The molecule has 0 amide bonds. The van der Waals surface area contributed by atoms with E-state index >= 15 is 0 Å². The molecule has 0 unspecified atom stereocenters. The van der Waals surface area contributed by atoms with Crippen molar-refractivity contribution in [1.82, 2.24) is 0 Å². The number of hydrogen-bond acceptors (Lipinski definition) is 2. The van der Waals surface area contributed by atoms with Crippen molar-refractivity contribution >= 4 is 0 Å². The van der Waals surface area contributed by atoms with Gasteiger partial charge in [0, 0.05) is 18.5 Å². The van der Waals surface area contributed by atoms with Gasteiger partial charge in [-0.25, -0.2) is 4.39 Å². The molecule has 15 heavy (non-hydrogen) atoms. The maximum atomic E-state index is 13.5. The molecule has 2 nitrogen and oxygen atoms in total. The van der Waals surface area contributed by atoms with Crippen LogP contribution in [0.4, 0.5) is 4.39 Å². The fourth-order valence-electron chi connectivity index (χ4n) is 1.16. The minimum atomic E-state index is -0.371. The van der Waals surface area contributed by atoms with Crippen molar-refractivity contribution in [3.8, 4) is 17.6 Å². The maximum absolute atomic E-state index is 13.5. The van der Waals surface area contributed by atoms with Gasteiger partial charge in [0.25, 0.3) is 0 Å². The molecular formula is C12H14FNO. The van der Waals surface area contributed by atoms with Crippen LogP contribution in [0.15, 0.2) is 18.2 Å². The zero-order valence-electron chi connectivity index (χ0n) is 8.72. The molecule has 1 aromatic rings. The number of nitrogens with two attached hydrogens (primary N) is 1. The van der Waals surface area contributed by atoms with Crippen LogP contribution in [0.25, 0.3) is 0 Å². The Labute approximate surface area is 89.2 Å². The summed E-state index contributed by atoms with van der Waals surface area (Å²) >= 11 is 0. The number of benzene rings is 1. The third-order valence-corrected chi connectivity index (χ3v) is 1.92. The molecule has 0 radical (unpaired) electrons. The van der Waals surface area contributed by atoms with E-state index in [-0.39, 0.29) is 18.1 Å². The lowest BCUT2D eigenvalue weighted by atomic mass is 10.2. The summed E-state index contributed by atoms with van der Waals surface area (Å²) in [7, 11) is 0. The van der Waals surface area contributed by atoms with Gasteiger partial charge in [0.1, 0.15) is 0 Å². The summed E-state index contributed by atoms with van der Waals surface area (Å²) in [6.07, 6.45) is 0.600. The highest BCUT2D eigenvalue weighted by Crippen LogP contribution is 2.19. The Balaban J connectivity index is 2.63. The molecule has 2 N–H and O–H groups in total. The lowest BCUT2D eigenvalue weighted by Gasteiger charge is -2.07. The molecule has 0 aliphatic carbocycles. The smallest absolute Gasteiger partial charge is 0.169 e. The van der Waals surface area contributed by atoms with Crippen molar-refractivity contribution in [2.45, 2.75) is 19.9 Å². The lowest BCUT2D eigenvalue weighted by Crippen LogP contribution is -2.03. The Hall–Kier alpha value is -1.53. The predicted octanol–water partition coefficient (Wildman–Crippen LogP) is 2.08. The maximum Gasteiger partial charge on any atom is 0.169 e. The standard InChI is InChI=1S/C12H14FNO/c1-2-3-4-8-15-11-7-5-6-10(9-14)12(11)13/h5-7H,4,8-9,14H2,1H3. The van der Waals surface area contributed by atoms with Gasteiger partial charge in [-0.1, -0.05) is 12.1 Å². The Kier molecular flexibility index (Phi) is 4.65. The topological polar surface area (TPSA) is 35.2 Å². The first-order valence-corrected chi connectivity index (χ1v) is 4.79. The first kappa shape index (κ1) is 11.5. The van der Waals surface area contributed by atoms with Crippen LogP contribution in [0.2, 0.25) is 0 Å². The van der Waals surface area contributed by atoms with Gasteiger partial charge < -0.3 is 10.5 Å². The van der Waals surface area contributed by atoms with Crippen molar-refractivity contribution < 1.29 is 9.13 Å². The second-order valence-corrected chi connectivity index (χ2v) is 2.96. The molecule has 3 heteroatoms. The van der Waals surface area contributed by atoms with E-state index in [1.807, 2.05) is 0 Å². The molecule has 0 heterocycles. The summed E-state index contributed by atoms with van der Waals surface area (Å²) in [6, 6.07) is 4.97. The molecular weight excluding hydrogens is 193 g/mol. The third kappa shape index (κ3) is 3.26. The fourth-order valence-corrected chi connectivity index (χ4v) is 1.16. The van der Waals surface area contributed by atoms with E-state index in [1.165, 1.54) is 0 Å². The van der Waals surface area contributed by atoms with Crippen molar-refractivity contribution in [2.24, 2.45) is 5.73 Å². The lowest BCUT2D eigenvalue weighted by molar-refractivity contribution is 0.309. The second-order valence-electron chi connectivity index (χ2n) is 2.96. The number of hydrogen-bond donors (Lipinski definition) is 1. The fraction of sp³-hybridized carbons (Fsp3) is 0.333. The first-order valence-electron chi connectivity index (χ1n) is 4.79. The average molecular weight is 207 g/mol. The molecule has 1 rings (SSSR count). The summed E-state index contributed by atoms with van der Waals surface area (Å²) < 4.78 is 18.8. The zero-order valence-corrected chi connectivity index (χ0v) is 8.72. The summed E-state index contributed by atoms with van der Waals surface area (Å²) in [5.41, 5.74) is 5.84. The highest BCUT2D eigenvalue weighted by Gasteiger charge is 2.06. The summed E-state index contributed by atoms with van der Waals surface area (Å²) in [5, 5.41) is 0. The molecule has 0 spiro atoms. The molecule has 1 aromatic carbocycles. The minimum absolute atomic E-state index is 0.178. The number of ether oxygens (including phenoxy) is 1. The summed E-state index contributed by atoms with van der Waals surface area (Å²) in [4.78, 5) is 0. The molecule has 0 saturated carbocycles. The average Bonchev–Trinajstić information content (AvgIpc) is 2.26. The molecule has 0 aliphatic heterocycles. The van der Waals surface area contributed by atoms with E-state index in [0.29, 0.717) is 18.6 Å². The van der Waals surface area contributed by atoms with Crippen molar-refractivity contribution in [2.75, 3.05) is 6.61 Å². The van der Waals surface area contributed by atoms with Gasteiger partial charge in [0.15, 0.2) is 11.6 Å². The molecule has 0 aliphatic rings. The quantitative estimate of drug-likeness (QED) is 0.606. The van der Waals surface area contributed by atoms with Gasteiger partial charge in [-0.15, -0.1) is 11.8 Å². The highest BCUT2D eigenvalue weighted by molar-refractivity contribution is 5.30. The molecule has 0 bridgehead atoms. The van der Waals surface area contributed by atoms with Gasteiger partial charge in [-0.2, -0.15) is 0 Å². The second kappa shape index (κ2) is 6.05. The van der Waals surface area contributed by atoms with E-state index in [4.69, 9.17) is 10.5 Å². The minimum Gasteiger partial charge on any atom is -0.490 e. The van der Waals surface area contributed by atoms with Crippen molar-refractivity contribution in [3.63, 3.8) is 0 Å². The molecule has 0 saturated heterocycles. The van der Waals surface area contributed by atoms with Gasteiger partial charge >= 0.3 is 0 Å². The van der Waals surface area contributed by atoms with E-state index < -0.39 is 0 Å². The van der Waals surface area contributed by atoms with Crippen LogP contribution >= 0.6 is 0 Å². The van der Waals surface area contributed by atoms with Crippen molar-refractivity contribution in [1.29, 1.82) is 0 Å². The van der Waals surface area contributed by atoms with Crippen LogP contribution in [-0.4, -0.2) is 6.61 Å². The first-order chi connectivity index (χ1) is 7.29. The van der Waals surface area contributed by atoms with E-state index in [2.05, 4.69) is 11.8 Å². The van der Waals surface area contributed by atoms with Crippen LogP contribution in [0.5, 0.6) is 5.75 Å². The van der Waals surface area contributed by atoms with E-state index in [0.717, 1.165) is 0 Å². The van der Waals surface area contributed by atoms with E-state index in [1.54, 1.807) is 25.1 Å². The van der Waals surface area contributed by atoms with Gasteiger partial charge in [0.2, 0.25) is 0 Å². The Morgan fingerprint density at radius 3 is 2.93 bits per heavy atom. The van der Waals surface area contributed by atoms with Crippen LogP contribution in [0.1, 0.15) is 18.9 Å². The number of rotatable bonds is 4. The predicted molar refractivity (Wildman–Crippen MR) is 57.9 cm³/mol. The molecule has 80 valence electrons.